The molecule has 10 nitrogen and oxygen atoms in total. The molecule has 5 heterocycles. The van der Waals surface area contributed by atoms with E-state index in [4.69, 9.17) is 9.47 Å². The summed E-state index contributed by atoms with van der Waals surface area (Å²) >= 11 is 1.43. The van der Waals surface area contributed by atoms with Crippen molar-refractivity contribution in [3.63, 3.8) is 0 Å². The van der Waals surface area contributed by atoms with Gasteiger partial charge in [-0.3, -0.25) is 14.6 Å². The molecule has 0 saturated carbocycles. The Morgan fingerprint density at radius 3 is 2.79 bits per heavy atom. The Balaban J connectivity index is 1.22. The zero-order chi connectivity index (χ0) is 26.5. The van der Waals surface area contributed by atoms with Crippen LogP contribution in [-0.2, 0) is 16.0 Å². The summed E-state index contributed by atoms with van der Waals surface area (Å²) < 4.78 is 10.6. The molecule has 0 aliphatic carbocycles. The molecule has 2 aliphatic rings. The molecule has 1 fully saturated rings. The van der Waals surface area contributed by atoms with E-state index < -0.39 is 0 Å². The summed E-state index contributed by atoms with van der Waals surface area (Å²) in [6.45, 7) is 3.64. The number of ether oxygens (including phenoxy) is 2. The molecule has 200 valence electrons. The normalized spacial score (nSPS) is 16.2. The summed E-state index contributed by atoms with van der Waals surface area (Å²) in [6, 6.07) is 9.51. The van der Waals surface area contributed by atoms with Gasteiger partial charge in [-0.15, -0.1) is 11.8 Å². The lowest BCUT2D eigenvalue weighted by Gasteiger charge is -2.38. The van der Waals surface area contributed by atoms with E-state index in [1.165, 1.54) is 11.8 Å². The van der Waals surface area contributed by atoms with E-state index >= 15 is 0 Å². The van der Waals surface area contributed by atoms with Gasteiger partial charge in [0.1, 0.15) is 11.5 Å². The number of aromatic nitrogens is 3. The first-order chi connectivity index (χ1) is 18.6. The molecule has 2 aliphatic heterocycles. The number of nitrogens with one attached hydrogen (secondary N) is 1. The lowest BCUT2D eigenvalue weighted by molar-refractivity contribution is -0.113. The first kappa shape index (κ1) is 26.3. The Kier molecular flexibility index (Phi) is 8.35. The van der Waals surface area contributed by atoms with Gasteiger partial charge in [0, 0.05) is 51.6 Å². The second-order valence-electron chi connectivity index (χ2n) is 9.39. The van der Waals surface area contributed by atoms with Gasteiger partial charge in [0.05, 0.1) is 35.4 Å². The summed E-state index contributed by atoms with van der Waals surface area (Å²) in [6.07, 6.45) is 4.43. The molecule has 0 unspecified atom stereocenters. The summed E-state index contributed by atoms with van der Waals surface area (Å²) in [5, 5.41) is 2.78. The van der Waals surface area contributed by atoms with E-state index in [1.807, 2.05) is 35.4 Å². The number of carbonyl (C=O) groups is 2. The van der Waals surface area contributed by atoms with Gasteiger partial charge < -0.3 is 24.6 Å². The quantitative estimate of drug-likeness (QED) is 0.441. The van der Waals surface area contributed by atoms with Gasteiger partial charge >= 0.3 is 0 Å². The van der Waals surface area contributed by atoms with E-state index in [0.717, 1.165) is 60.4 Å². The van der Waals surface area contributed by atoms with Gasteiger partial charge in [0.25, 0.3) is 5.91 Å². The molecular weight excluding hydrogens is 504 g/mol. The monoisotopic (exact) mass is 536 g/mol. The van der Waals surface area contributed by atoms with Crippen molar-refractivity contribution < 1.29 is 19.1 Å². The van der Waals surface area contributed by atoms with Gasteiger partial charge in [-0.25, -0.2) is 9.97 Å². The Hall–Kier alpha value is -3.28. The van der Waals surface area contributed by atoms with Crippen molar-refractivity contribution in [2.45, 2.75) is 30.2 Å². The highest BCUT2D eigenvalue weighted by molar-refractivity contribution is 8.00. The first-order valence-corrected chi connectivity index (χ1v) is 13.8. The minimum Gasteiger partial charge on any atom is -0.481 e. The van der Waals surface area contributed by atoms with Crippen molar-refractivity contribution in [3.8, 4) is 5.88 Å². The van der Waals surface area contributed by atoms with E-state index in [2.05, 4.69) is 25.2 Å². The Bertz CT molecular complexity index is 1310. The van der Waals surface area contributed by atoms with E-state index in [-0.39, 0.29) is 17.9 Å². The summed E-state index contributed by atoms with van der Waals surface area (Å²) in [4.78, 5) is 44.1. The maximum atomic E-state index is 13.5. The second kappa shape index (κ2) is 12.1. The largest absolute Gasteiger partial charge is 0.481 e. The van der Waals surface area contributed by atoms with Crippen LogP contribution in [0.1, 0.15) is 28.9 Å². The predicted molar refractivity (Wildman–Crippen MR) is 146 cm³/mol. The summed E-state index contributed by atoms with van der Waals surface area (Å²) in [5.74, 6) is 1.19. The number of hydrogen-bond acceptors (Lipinski definition) is 9. The van der Waals surface area contributed by atoms with E-state index in [1.54, 1.807) is 20.3 Å². The first-order valence-electron chi connectivity index (χ1n) is 12.8. The molecule has 11 heteroatoms. The number of piperidine rings is 1. The van der Waals surface area contributed by atoms with Crippen LogP contribution in [0.4, 0.5) is 5.82 Å². The Morgan fingerprint density at radius 2 is 2.00 bits per heavy atom. The standard InChI is InChI=1S/C27H32N6O4S/c1-36-16-15-33(27(35)21-3-5-22-26(29-21)30-23(34)17-38-22)19-9-13-32(14-10-19)12-8-18-7-11-28-20-4-6-24(37-2)31-25(18)20/h3-7,11,19H,8-10,12-17H2,1-2H3,(H,29,30,34). The SMILES string of the molecule is COCCN(C(=O)c1ccc2c(n1)NC(=O)CS2)C1CCN(CCc2ccnc3ccc(OC)nc23)CC1. The molecule has 0 radical (unpaired) electrons. The topological polar surface area (TPSA) is 110 Å². The van der Waals surface area contributed by atoms with Crippen LogP contribution in [-0.4, -0.2) is 95.4 Å². The molecule has 3 aromatic rings. The molecule has 38 heavy (non-hydrogen) atoms. The van der Waals surface area contributed by atoms with Crippen LogP contribution >= 0.6 is 11.8 Å². The van der Waals surface area contributed by atoms with Crippen molar-refractivity contribution >= 4 is 40.4 Å². The maximum Gasteiger partial charge on any atom is 0.272 e. The summed E-state index contributed by atoms with van der Waals surface area (Å²) in [7, 11) is 3.26. The Labute approximate surface area is 226 Å². The fraction of sp³-hybridized carbons (Fsp3) is 0.444. The summed E-state index contributed by atoms with van der Waals surface area (Å²) in [5.41, 5.74) is 3.24. The van der Waals surface area contributed by atoms with Gasteiger partial charge in [0.2, 0.25) is 11.8 Å². The number of nitrogens with zero attached hydrogens (tertiary/aromatic N) is 5. The average molecular weight is 537 g/mol. The fourth-order valence-corrected chi connectivity index (χ4v) is 5.74. The molecule has 1 N–H and O–H groups in total. The number of carbonyl (C=O) groups excluding carboxylic acids is 2. The molecule has 2 amide bonds. The number of amides is 2. The molecule has 0 aromatic carbocycles. The van der Waals surface area contributed by atoms with Crippen LogP contribution < -0.4 is 10.1 Å². The van der Waals surface area contributed by atoms with Crippen LogP contribution in [0, 0.1) is 0 Å². The lowest BCUT2D eigenvalue weighted by Crippen LogP contribution is -2.49. The van der Waals surface area contributed by atoms with Gasteiger partial charge in [0.15, 0.2) is 0 Å². The van der Waals surface area contributed by atoms with E-state index in [9.17, 15) is 9.59 Å². The number of fused-ring (bicyclic) bond motifs is 2. The van der Waals surface area contributed by atoms with Gasteiger partial charge in [-0.1, -0.05) is 0 Å². The van der Waals surface area contributed by atoms with Crippen LogP contribution in [0.3, 0.4) is 0 Å². The maximum absolute atomic E-state index is 13.5. The molecule has 3 aromatic heterocycles. The zero-order valence-corrected chi connectivity index (χ0v) is 22.5. The number of hydrogen-bond donors (Lipinski definition) is 1. The van der Waals surface area contributed by atoms with Gasteiger partial charge in [-0.05, 0) is 49.1 Å². The molecule has 0 bridgehead atoms. The number of anilines is 1. The van der Waals surface area contributed by atoms with E-state index in [0.29, 0.717) is 36.3 Å². The van der Waals surface area contributed by atoms with Crippen molar-refractivity contribution in [3.05, 3.63) is 47.8 Å². The molecule has 0 atom stereocenters. The van der Waals surface area contributed by atoms with Crippen LogP contribution in [0.2, 0.25) is 0 Å². The molecule has 0 spiro atoms. The molecule has 5 rings (SSSR count). The second-order valence-corrected chi connectivity index (χ2v) is 10.4. The third kappa shape index (κ3) is 5.90. The average Bonchev–Trinajstić information content (AvgIpc) is 2.96. The molecule has 1 saturated heterocycles. The molecular formula is C27H32N6O4S. The number of rotatable bonds is 9. The number of likely N-dealkylation sites (tertiary alicyclic amines) is 1. The minimum atomic E-state index is -0.128. The third-order valence-corrected chi connectivity index (χ3v) is 8.08. The number of methoxy groups -OCH3 is 2. The smallest absolute Gasteiger partial charge is 0.272 e. The lowest BCUT2D eigenvalue weighted by atomic mass is 10.0. The number of thioether (sulfide) groups is 1. The Morgan fingerprint density at radius 1 is 1.16 bits per heavy atom. The van der Waals surface area contributed by atoms with Crippen LogP contribution in [0.25, 0.3) is 11.0 Å². The fourth-order valence-electron chi connectivity index (χ4n) is 4.98. The number of pyridine rings is 3. The highest BCUT2D eigenvalue weighted by Gasteiger charge is 2.30. The van der Waals surface area contributed by atoms with Gasteiger partial charge in [-0.2, -0.15) is 0 Å². The van der Waals surface area contributed by atoms with Crippen molar-refractivity contribution in [2.24, 2.45) is 0 Å². The van der Waals surface area contributed by atoms with Crippen molar-refractivity contribution in [1.29, 1.82) is 0 Å². The van der Waals surface area contributed by atoms with Crippen LogP contribution in [0.15, 0.2) is 41.4 Å². The highest BCUT2D eigenvalue weighted by atomic mass is 32.2. The predicted octanol–water partition coefficient (Wildman–Crippen LogP) is 2.87. The third-order valence-electron chi connectivity index (χ3n) is 7.04. The minimum absolute atomic E-state index is 0.0992. The zero-order valence-electron chi connectivity index (χ0n) is 21.7. The van der Waals surface area contributed by atoms with Crippen molar-refractivity contribution in [2.75, 3.05) is 58.1 Å². The highest BCUT2D eigenvalue weighted by Crippen LogP contribution is 2.30. The van der Waals surface area contributed by atoms with Crippen molar-refractivity contribution in [1.82, 2.24) is 24.8 Å². The van der Waals surface area contributed by atoms with Crippen LogP contribution in [0.5, 0.6) is 5.88 Å².